The molecular formula is C24H35NO7. The van der Waals surface area contributed by atoms with Crippen molar-refractivity contribution in [1.82, 2.24) is 4.98 Å². The Balaban J connectivity index is 1.19. The van der Waals surface area contributed by atoms with Crippen molar-refractivity contribution in [1.29, 1.82) is 0 Å². The molecule has 8 heteroatoms. The van der Waals surface area contributed by atoms with E-state index in [1.165, 1.54) is 0 Å². The number of benzene rings is 1. The average molecular weight is 450 g/mol. The van der Waals surface area contributed by atoms with Gasteiger partial charge in [0.05, 0.1) is 18.7 Å². The van der Waals surface area contributed by atoms with Crippen molar-refractivity contribution in [3.63, 3.8) is 0 Å². The van der Waals surface area contributed by atoms with Crippen molar-refractivity contribution in [2.24, 2.45) is 0 Å². The first-order valence-corrected chi connectivity index (χ1v) is 11.5. The van der Waals surface area contributed by atoms with Crippen molar-refractivity contribution >= 4 is 10.9 Å². The molecule has 2 heterocycles. The lowest BCUT2D eigenvalue weighted by Gasteiger charge is -2.39. The Morgan fingerprint density at radius 1 is 0.875 bits per heavy atom. The molecule has 178 valence electrons. The van der Waals surface area contributed by atoms with Gasteiger partial charge in [0.25, 0.3) is 0 Å². The van der Waals surface area contributed by atoms with E-state index >= 15 is 0 Å². The molecular weight excluding hydrogens is 414 g/mol. The molecule has 1 aromatic carbocycles. The van der Waals surface area contributed by atoms with Gasteiger partial charge >= 0.3 is 0 Å². The highest BCUT2D eigenvalue weighted by Crippen LogP contribution is 2.23. The summed E-state index contributed by atoms with van der Waals surface area (Å²) in [6, 6.07) is 9.91. The molecule has 1 unspecified atom stereocenters. The SMILES string of the molecule is OC[C@@H]1OC(O)[C@@H](O)[C@H](OCCCCCCCCCOc2ccc3ncccc3c2)[C@H]1O. The number of aromatic nitrogens is 1. The number of pyridine rings is 1. The highest BCUT2D eigenvalue weighted by atomic mass is 16.6. The molecule has 0 aliphatic carbocycles. The highest BCUT2D eigenvalue weighted by Gasteiger charge is 2.44. The van der Waals surface area contributed by atoms with Crippen LogP contribution in [-0.2, 0) is 9.47 Å². The van der Waals surface area contributed by atoms with E-state index in [-0.39, 0.29) is 0 Å². The van der Waals surface area contributed by atoms with E-state index in [0.717, 1.165) is 61.6 Å². The molecule has 1 aromatic heterocycles. The molecule has 1 aliphatic heterocycles. The molecule has 4 N–H and O–H groups in total. The van der Waals surface area contributed by atoms with Crippen molar-refractivity contribution in [3.05, 3.63) is 36.5 Å². The van der Waals surface area contributed by atoms with Crippen molar-refractivity contribution in [2.45, 2.75) is 75.7 Å². The fourth-order valence-corrected chi connectivity index (χ4v) is 3.91. The minimum Gasteiger partial charge on any atom is -0.494 e. The van der Waals surface area contributed by atoms with Crippen LogP contribution in [0, 0.1) is 0 Å². The number of fused-ring (bicyclic) bond motifs is 1. The zero-order valence-corrected chi connectivity index (χ0v) is 18.4. The van der Waals surface area contributed by atoms with Crippen LogP contribution < -0.4 is 4.74 Å². The minimum absolute atomic E-state index is 0.374. The third-order valence-corrected chi connectivity index (χ3v) is 5.78. The van der Waals surface area contributed by atoms with Crippen LogP contribution in [0.2, 0.25) is 0 Å². The number of rotatable bonds is 13. The lowest BCUT2D eigenvalue weighted by Crippen LogP contribution is -2.59. The summed E-state index contributed by atoms with van der Waals surface area (Å²) in [7, 11) is 0. The van der Waals surface area contributed by atoms with Gasteiger partial charge in [-0.25, -0.2) is 0 Å². The smallest absolute Gasteiger partial charge is 0.184 e. The third-order valence-electron chi connectivity index (χ3n) is 5.78. The lowest BCUT2D eigenvalue weighted by atomic mass is 9.99. The van der Waals surface area contributed by atoms with Crippen LogP contribution in [0.25, 0.3) is 10.9 Å². The number of unbranched alkanes of at least 4 members (excludes halogenated alkanes) is 6. The van der Waals surface area contributed by atoms with Crippen molar-refractivity contribution < 1.29 is 34.6 Å². The topological polar surface area (TPSA) is 122 Å². The van der Waals surface area contributed by atoms with Gasteiger partial charge in [-0.1, -0.05) is 38.2 Å². The fourth-order valence-electron chi connectivity index (χ4n) is 3.91. The Labute approximate surface area is 188 Å². The van der Waals surface area contributed by atoms with Gasteiger partial charge in [0.2, 0.25) is 0 Å². The number of ether oxygens (including phenoxy) is 3. The van der Waals surface area contributed by atoms with E-state index in [1.807, 2.05) is 30.3 Å². The second-order valence-corrected chi connectivity index (χ2v) is 8.25. The highest BCUT2D eigenvalue weighted by molar-refractivity contribution is 5.79. The molecule has 0 bridgehead atoms. The van der Waals surface area contributed by atoms with Gasteiger partial charge in [0, 0.05) is 18.2 Å². The normalized spacial score (nSPS) is 25.8. The first-order chi connectivity index (χ1) is 15.6. The Morgan fingerprint density at radius 2 is 1.59 bits per heavy atom. The second-order valence-electron chi connectivity index (χ2n) is 8.25. The number of nitrogens with zero attached hydrogens (tertiary/aromatic N) is 1. The monoisotopic (exact) mass is 449 g/mol. The summed E-state index contributed by atoms with van der Waals surface area (Å²) in [5.41, 5.74) is 0.970. The Morgan fingerprint density at radius 3 is 2.34 bits per heavy atom. The first-order valence-electron chi connectivity index (χ1n) is 11.5. The molecule has 0 saturated carbocycles. The molecule has 8 nitrogen and oxygen atoms in total. The van der Waals surface area contributed by atoms with Gasteiger partial charge < -0.3 is 34.6 Å². The second kappa shape index (κ2) is 13.0. The summed E-state index contributed by atoms with van der Waals surface area (Å²) in [4.78, 5) is 4.31. The van der Waals surface area contributed by atoms with Gasteiger partial charge in [0.15, 0.2) is 6.29 Å². The number of aliphatic hydroxyl groups excluding tert-OH is 4. The van der Waals surface area contributed by atoms with E-state index in [4.69, 9.17) is 14.2 Å². The summed E-state index contributed by atoms with van der Waals surface area (Å²) < 4.78 is 16.4. The maximum Gasteiger partial charge on any atom is 0.184 e. The van der Waals surface area contributed by atoms with E-state index in [2.05, 4.69) is 4.98 Å². The molecule has 3 rings (SSSR count). The molecule has 5 atom stereocenters. The van der Waals surface area contributed by atoms with Gasteiger partial charge in [0.1, 0.15) is 30.2 Å². The predicted molar refractivity (Wildman–Crippen MR) is 119 cm³/mol. The van der Waals surface area contributed by atoms with Crippen LogP contribution in [-0.4, -0.2) is 75.9 Å². The van der Waals surface area contributed by atoms with E-state index < -0.39 is 37.3 Å². The zero-order valence-electron chi connectivity index (χ0n) is 18.4. The fraction of sp³-hybridized carbons (Fsp3) is 0.625. The number of hydrogen-bond acceptors (Lipinski definition) is 8. The van der Waals surface area contributed by atoms with Crippen molar-refractivity contribution in [2.75, 3.05) is 19.8 Å². The number of aliphatic hydroxyl groups is 4. The molecule has 0 spiro atoms. The average Bonchev–Trinajstić information content (AvgIpc) is 2.81. The van der Waals surface area contributed by atoms with Crippen LogP contribution in [0.1, 0.15) is 44.9 Å². The summed E-state index contributed by atoms with van der Waals surface area (Å²) in [5, 5.41) is 39.9. The summed E-state index contributed by atoms with van der Waals surface area (Å²) in [5.74, 6) is 0.878. The maximum atomic E-state index is 10.1. The summed E-state index contributed by atoms with van der Waals surface area (Å²) in [6.45, 7) is 0.629. The zero-order chi connectivity index (χ0) is 22.8. The van der Waals surface area contributed by atoms with Crippen LogP contribution in [0.5, 0.6) is 5.75 Å². The Kier molecular flexibility index (Phi) is 10.1. The maximum absolute atomic E-state index is 10.1. The standard InChI is InChI=1S/C24H35NO7/c26-16-20-21(27)23(22(28)24(29)32-20)31-14-7-5-3-1-2-4-6-13-30-18-10-11-19-17(15-18)9-8-12-25-19/h8-12,15,20-24,26-29H,1-7,13-14,16H2/t20-,21-,22-,23+,24?/m0/s1. The van der Waals surface area contributed by atoms with Gasteiger partial charge in [-0.05, 0) is 37.1 Å². The van der Waals surface area contributed by atoms with Gasteiger partial charge in [-0.3, -0.25) is 4.98 Å². The lowest BCUT2D eigenvalue weighted by molar-refractivity contribution is -0.294. The molecule has 0 amide bonds. The quantitative estimate of drug-likeness (QED) is 0.343. The van der Waals surface area contributed by atoms with E-state index in [9.17, 15) is 20.4 Å². The largest absolute Gasteiger partial charge is 0.494 e. The van der Waals surface area contributed by atoms with Gasteiger partial charge in [-0.15, -0.1) is 0 Å². The van der Waals surface area contributed by atoms with Crippen LogP contribution in [0.4, 0.5) is 0 Å². The van der Waals surface area contributed by atoms with Crippen molar-refractivity contribution in [3.8, 4) is 5.75 Å². The third kappa shape index (κ3) is 7.10. The van der Waals surface area contributed by atoms with Gasteiger partial charge in [-0.2, -0.15) is 0 Å². The summed E-state index contributed by atoms with van der Waals surface area (Å²) in [6.07, 6.45) is 3.18. The van der Waals surface area contributed by atoms with Crippen LogP contribution in [0.3, 0.4) is 0 Å². The van der Waals surface area contributed by atoms with Crippen LogP contribution in [0.15, 0.2) is 36.5 Å². The first kappa shape index (κ1) is 24.8. The Hall–Kier alpha value is -1.81. The molecule has 2 aromatic rings. The number of hydrogen-bond donors (Lipinski definition) is 4. The predicted octanol–water partition coefficient (Wildman–Crippen LogP) is 2.16. The summed E-state index contributed by atoms with van der Waals surface area (Å²) >= 11 is 0. The molecule has 1 aliphatic rings. The minimum atomic E-state index is -1.47. The molecule has 1 fully saturated rings. The molecule has 1 saturated heterocycles. The van der Waals surface area contributed by atoms with Crippen LogP contribution >= 0.6 is 0 Å². The van der Waals surface area contributed by atoms with E-state index in [1.54, 1.807) is 6.20 Å². The Bertz CT molecular complexity index is 805. The molecule has 0 radical (unpaired) electrons. The van der Waals surface area contributed by atoms with E-state index in [0.29, 0.717) is 13.2 Å². The molecule has 32 heavy (non-hydrogen) atoms.